The number of piperazine rings is 1. The Bertz CT molecular complexity index is 553. The maximum atomic E-state index is 11.6. The van der Waals surface area contributed by atoms with E-state index in [1.807, 2.05) is 11.7 Å². The molecule has 0 amide bonds. The van der Waals surface area contributed by atoms with Crippen molar-refractivity contribution in [3.63, 3.8) is 0 Å². The number of hydrogen-bond donors (Lipinski definition) is 1. The third-order valence-electron chi connectivity index (χ3n) is 4.15. The number of aromatic nitrogens is 2. The summed E-state index contributed by atoms with van der Waals surface area (Å²) in [5, 5.41) is 10.0. The third kappa shape index (κ3) is 4.34. The van der Waals surface area contributed by atoms with Gasteiger partial charge in [-0.15, -0.1) is 0 Å². The van der Waals surface area contributed by atoms with Gasteiger partial charge in [-0.1, -0.05) is 18.5 Å². The summed E-state index contributed by atoms with van der Waals surface area (Å²) in [6, 6.07) is 0. The predicted octanol–water partition coefficient (Wildman–Crippen LogP) is 1.03. The van der Waals surface area contributed by atoms with Gasteiger partial charge in [0.15, 0.2) is 0 Å². The van der Waals surface area contributed by atoms with Crippen molar-refractivity contribution in [1.82, 2.24) is 14.8 Å². The lowest BCUT2D eigenvalue weighted by atomic mass is 9.84. The number of carbonyl (C=O) groups is 1. The zero-order valence-electron chi connectivity index (χ0n) is 13.7. The Hall–Kier alpha value is -1.38. The lowest BCUT2D eigenvalue weighted by Crippen LogP contribution is -2.52. The number of carbonyl (C=O) groups excluding carboxylic acids is 1. The van der Waals surface area contributed by atoms with Gasteiger partial charge in [0.1, 0.15) is 17.3 Å². The lowest BCUT2D eigenvalue weighted by molar-refractivity contribution is -0.140. The number of halogens is 1. The molecule has 0 bridgehead atoms. The molecule has 0 radical (unpaired) electrons. The van der Waals surface area contributed by atoms with Gasteiger partial charge in [-0.3, -0.25) is 4.79 Å². The van der Waals surface area contributed by atoms with Crippen molar-refractivity contribution in [2.45, 2.75) is 26.1 Å². The Kier molecular flexibility index (Phi) is 6.21. The number of ether oxygens (including phenoxy) is 1. The molecule has 0 aliphatic carbocycles. The molecule has 0 spiro atoms. The molecule has 2 rings (SSSR count). The van der Waals surface area contributed by atoms with E-state index < -0.39 is 7.05 Å². The van der Waals surface area contributed by atoms with Crippen LogP contribution in [0.3, 0.4) is 0 Å². The highest BCUT2D eigenvalue weighted by atomic mass is 35.5. The largest absolute Gasteiger partial charge is 0.469 e. The number of esters is 1. The number of rotatable bonds is 5. The minimum Gasteiger partial charge on any atom is -0.469 e. The van der Waals surface area contributed by atoms with E-state index in [4.69, 9.17) is 16.3 Å². The molecule has 1 N–H and O–H groups in total. The number of hydrogen-bond acceptors (Lipinski definition) is 7. The van der Waals surface area contributed by atoms with Gasteiger partial charge in [-0.2, -0.15) is 0 Å². The minimum absolute atomic E-state index is 0.138. The van der Waals surface area contributed by atoms with Crippen LogP contribution in [0.5, 0.6) is 0 Å². The molecule has 0 aromatic carbocycles. The van der Waals surface area contributed by atoms with Gasteiger partial charge < -0.3 is 19.5 Å². The molecule has 1 fully saturated rings. The zero-order valence-corrected chi connectivity index (χ0v) is 14.5. The Balaban J connectivity index is 2.19. The van der Waals surface area contributed by atoms with Crippen molar-refractivity contribution >= 4 is 30.4 Å². The van der Waals surface area contributed by atoms with Crippen LogP contribution < -0.4 is 4.90 Å². The molecule has 1 aliphatic heterocycles. The smallest absolute Gasteiger partial charge is 0.376 e. The van der Waals surface area contributed by atoms with Crippen LogP contribution in [0.25, 0.3) is 0 Å². The highest BCUT2D eigenvalue weighted by Crippen LogP contribution is 2.33. The average molecular weight is 341 g/mol. The van der Waals surface area contributed by atoms with Gasteiger partial charge in [0.05, 0.1) is 13.5 Å². The van der Waals surface area contributed by atoms with Crippen molar-refractivity contribution in [2.75, 3.05) is 38.2 Å². The Morgan fingerprint density at radius 2 is 2.09 bits per heavy atom. The first kappa shape index (κ1) is 18.0. The van der Waals surface area contributed by atoms with E-state index in [-0.39, 0.29) is 18.3 Å². The van der Waals surface area contributed by atoms with Crippen LogP contribution >= 0.6 is 11.6 Å². The first-order valence-electron chi connectivity index (χ1n) is 7.68. The second-order valence-corrected chi connectivity index (χ2v) is 6.10. The molecule has 126 valence electrons. The van der Waals surface area contributed by atoms with Crippen LogP contribution in [0.2, 0.25) is 12.0 Å². The lowest BCUT2D eigenvalue weighted by Gasteiger charge is -2.37. The van der Waals surface area contributed by atoms with Crippen molar-refractivity contribution in [1.29, 1.82) is 0 Å². The average Bonchev–Trinajstić information content (AvgIpc) is 2.54. The monoisotopic (exact) mass is 340 g/mol. The SMILES string of the molecule is COC(=O)C[C@@H](C)c1c(Cl)ncnc1N1CCN(B(C)O)CC1. The van der Waals surface area contributed by atoms with Gasteiger partial charge in [-0.05, 0) is 12.7 Å². The van der Waals surface area contributed by atoms with Gasteiger partial charge in [-0.25, -0.2) is 9.97 Å². The molecule has 0 saturated carbocycles. The van der Waals surface area contributed by atoms with Crippen LogP contribution in [0.4, 0.5) is 5.82 Å². The van der Waals surface area contributed by atoms with Crippen molar-refractivity contribution < 1.29 is 14.6 Å². The molecular formula is C14H22BClN4O3. The van der Waals surface area contributed by atoms with E-state index in [1.165, 1.54) is 13.4 Å². The second-order valence-electron chi connectivity index (χ2n) is 5.74. The van der Waals surface area contributed by atoms with E-state index in [0.29, 0.717) is 5.15 Å². The fraction of sp³-hybridized carbons (Fsp3) is 0.643. The molecule has 1 aliphatic rings. The first-order chi connectivity index (χ1) is 10.9. The number of anilines is 1. The fourth-order valence-electron chi connectivity index (χ4n) is 2.78. The van der Waals surface area contributed by atoms with Gasteiger partial charge >= 0.3 is 13.0 Å². The standard InChI is InChI=1S/C14H22BClN4O3/c1-10(8-11(21)23-3)12-13(16)17-9-18-14(12)19-4-6-20(7-5-19)15(2)22/h9-10,22H,4-8H2,1-3H3/t10-/m1/s1. The van der Waals surface area contributed by atoms with Crippen LogP contribution in [0, 0.1) is 0 Å². The molecule has 7 nitrogen and oxygen atoms in total. The summed E-state index contributed by atoms with van der Waals surface area (Å²) in [7, 11) is 0.915. The normalized spacial score (nSPS) is 17.0. The molecule has 2 heterocycles. The van der Waals surface area contributed by atoms with E-state index in [1.54, 1.807) is 6.82 Å². The highest BCUT2D eigenvalue weighted by Gasteiger charge is 2.27. The molecular weight excluding hydrogens is 318 g/mol. The van der Waals surface area contributed by atoms with E-state index in [9.17, 15) is 9.82 Å². The summed E-state index contributed by atoms with van der Waals surface area (Å²) in [4.78, 5) is 24.1. The highest BCUT2D eigenvalue weighted by molar-refractivity contribution is 6.45. The maximum Gasteiger partial charge on any atom is 0.376 e. The second kappa shape index (κ2) is 7.94. The van der Waals surface area contributed by atoms with E-state index in [0.717, 1.165) is 37.6 Å². The fourth-order valence-corrected chi connectivity index (χ4v) is 3.10. The number of nitrogens with zero attached hydrogens (tertiary/aromatic N) is 4. The maximum absolute atomic E-state index is 11.6. The molecule has 9 heteroatoms. The quantitative estimate of drug-likeness (QED) is 0.487. The Morgan fingerprint density at radius 3 is 2.65 bits per heavy atom. The summed E-state index contributed by atoms with van der Waals surface area (Å²) < 4.78 is 4.74. The molecule has 23 heavy (non-hydrogen) atoms. The molecule has 1 atom stereocenters. The molecule has 0 unspecified atom stereocenters. The summed E-state index contributed by atoms with van der Waals surface area (Å²) >= 11 is 6.27. The van der Waals surface area contributed by atoms with Crippen molar-refractivity contribution in [2.24, 2.45) is 0 Å². The molecule has 1 aromatic heterocycles. The predicted molar refractivity (Wildman–Crippen MR) is 89.7 cm³/mol. The minimum atomic E-state index is -0.455. The summed E-state index contributed by atoms with van der Waals surface area (Å²) in [5.74, 6) is 0.329. The Labute approximate surface area is 141 Å². The topological polar surface area (TPSA) is 78.8 Å². The summed E-state index contributed by atoms with van der Waals surface area (Å²) in [5.41, 5.74) is 0.769. The van der Waals surface area contributed by atoms with Crippen LogP contribution in [0.1, 0.15) is 24.8 Å². The Morgan fingerprint density at radius 1 is 1.43 bits per heavy atom. The van der Waals surface area contributed by atoms with Crippen LogP contribution in [-0.4, -0.2) is 66.1 Å². The van der Waals surface area contributed by atoms with Crippen molar-refractivity contribution in [3.8, 4) is 0 Å². The van der Waals surface area contributed by atoms with E-state index in [2.05, 4.69) is 14.9 Å². The molecule has 1 aromatic rings. The van der Waals surface area contributed by atoms with E-state index >= 15 is 0 Å². The van der Waals surface area contributed by atoms with Crippen molar-refractivity contribution in [3.05, 3.63) is 17.0 Å². The zero-order chi connectivity index (χ0) is 17.0. The van der Waals surface area contributed by atoms with Gasteiger partial charge in [0, 0.05) is 31.7 Å². The first-order valence-corrected chi connectivity index (χ1v) is 8.06. The van der Waals surface area contributed by atoms with Gasteiger partial charge in [0.25, 0.3) is 0 Å². The summed E-state index contributed by atoms with van der Waals surface area (Å²) in [6.45, 7) is 6.62. The number of methoxy groups -OCH3 is 1. The van der Waals surface area contributed by atoms with Crippen LogP contribution in [0.15, 0.2) is 6.33 Å². The summed E-state index contributed by atoms with van der Waals surface area (Å²) in [6.07, 6.45) is 1.66. The molecule has 1 saturated heterocycles. The van der Waals surface area contributed by atoms with Crippen LogP contribution in [-0.2, 0) is 9.53 Å². The van der Waals surface area contributed by atoms with Gasteiger partial charge in [0.2, 0.25) is 0 Å². The third-order valence-corrected chi connectivity index (χ3v) is 4.45.